The lowest BCUT2D eigenvalue weighted by Crippen LogP contribution is -2.38. The first kappa shape index (κ1) is 15.3. The molecule has 0 spiro atoms. The Bertz CT molecular complexity index is 485. The van der Waals surface area contributed by atoms with Crippen LogP contribution in [0.15, 0.2) is 18.2 Å². The molecule has 1 rings (SSSR count). The van der Waals surface area contributed by atoms with Crippen LogP contribution in [0.4, 0.5) is 0 Å². The third-order valence-corrected chi connectivity index (χ3v) is 2.58. The fourth-order valence-electron chi connectivity index (χ4n) is 1.35. The Labute approximate surface area is 117 Å². The highest BCUT2D eigenvalue weighted by Crippen LogP contribution is 2.23. The Kier molecular flexibility index (Phi) is 6.13. The number of halogens is 1. The van der Waals surface area contributed by atoms with E-state index in [-0.39, 0.29) is 5.91 Å². The van der Waals surface area contributed by atoms with Gasteiger partial charge >= 0.3 is 0 Å². The lowest BCUT2D eigenvalue weighted by Gasteiger charge is -2.15. The van der Waals surface area contributed by atoms with Gasteiger partial charge in [-0.15, -0.1) is 0 Å². The maximum Gasteiger partial charge on any atom is 0.260 e. The lowest BCUT2D eigenvalue weighted by molar-refractivity contribution is -0.127. The highest BCUT2D eigenvalue weighted by molar-refractivity contribution is 6.30. The van der Waals surface area contributed by atoms with Crippen molar-refractivity contribution in [3.05, 3.63) is 28.8 Å². The predicted molar refractivity (Wildman–Crippen MR) is 71.1 cm³/mol. The highest BCUT2D eigenvalue weighted by Gasteiger charge is 2.16. The minimum Gasteiger partial charge on any atom is -0.479 e. The smallest absolute Gasteiger partial charge is 0.260 e. The summed E-state index contributed by atoms with van der Waals surface area (Å²) in [4.78, 5) is 11.7. The average molecular weight is 283 g/mol. The first-order valence-corrected chi connectivity index (χ1v) is 6.09. The van der Waals surface area contributed by atoms with Crippen molar-refractivity contribution in [1.82, 2.24) is 5.32 Å². The molecule has 1 unspecified atom stereocenters. The van der Waals surface area contributed by atoms with Gasteiger partial charge in [-0.25, -0.2) is 0 Å². The number of carbonyl (C=O) groups excluding carboxylic acids is 1. The number of methoxy groups -OCH3 is 1. The van der Waals surface area contributed by atoms with Crippen LogP contribution in [0, 0.1) is 11.3 Å². The number of amides is 1. The molecule has 0 aromatic heterocycles. The van der Waals surface area contributed by atoms with Gasteiger partial charge in [0.1, 0.15) is 11.8 Å². The molecule has 0 radical (unpaired) electrons. The molecule has 0 aliphatic rings. The van der Waals surface area contributed by atoms with E-state index in [9.17, 15) is 4.79 Å². The summed E-state index contributed by atoms with van der Waals surface area (Å²) in [5.74, 6) is 0.0188. The second-order valence-corrected chi connectivity index (χ2v) is 4.23. The molecule has 0 bridgehead atoms. The van der Waals surface area contributed by atoms with Crippen molar-refractivity contribution in [1.29, 1.82) is 5.26 Å². The molecular formula is C13H15ClN2O3. The minimum atomic E-state index is -0.720. The normalized spacial score (nSPS) is 11.5. The second kappa shape index (κ2) is 7.62. The molecule has 19 heavy (non-hydrogen) atoms. The number of carbonyl (C=O) groups is 1. The van der Waals surface area contributed by atoms with Gasteiger partial charge in [-0.05, 0) is 19.1 Å². The average Bonchev–Trinajstić information content (AvgIpc) is 2.39. The van der Waals surface area contributed by atoms with Crippen LogP contribution in [0.5, 0.6) is 5.75 Å². The summed E-state index contributed by atoms with van der Waals surface area (Å²) in [6, 6.07) is 6.64. The molecule has 1 aromatic rings. The maximum atomic E-state index is 11.7. The Morgan fingerprint density at radius 1 is 1.58 bits per heavy atom. The van der Waals surface area contributed by atoms with E-state index in [4.69, 9.17) is 26.3 Å². The summed E-state index contributed by atoms with van der Waals surface area (Å²) in [6.07, 6.45) is -0.720. The van der Waals surface area contributed by atoms with Gasteiger partial charge in [0.15, 0.2) is 6.10 Å². The van der Waals surface area contributed by atoms with Crippen LogP contribution in [0.1, 0.15) is 12.5 Å². The van der Waals surface area contributed by atoms with Gasteiger partial charge < -0.3 is 14.8 Å². The number of hydrogen-bond acceptors (Lipinski definition) is 4. The molecule has 6 heteroatoms. The molecule has 0 fully saturated rings. The first-order valence-electron chi connectivity index (χ1n) is 5.71. The van der Waals surface area contributed by atoms with Crippen molar-refractivity contribution >= 4 is 17.5 Å². The van der Waals surface area contributed by atoms with E-state index in [1.807, 2.05) is 6.07 Å². The van der Waals surface area contributed by atoms with E-state index in [0.717, 1.165) is 0 Å². The monoisotopic (exact) mass is 282 g/mol. The summed E-state index contributed by atoms with van der Waals surface area (Å²) in [6.45, 7) is 2.44. The highest BCUT2D eigenvalue weighted by atomic mass is 35.5. The molecule has 1 aromatic carbocycles. The molecule has 0 saturated carbocycles. The van der Waals surface area contributed by atoms with Crippen LogP contribution in [0.25, 0.3) is 0 Å². The van der Waals surface area contributed by atoms with E-state index < -0.39 is 6.10 Å². The van der Waals surface area contributed by atoms with Crippen molar-refractivity contribution in [2.45, 2.75) is 13.0 Å². The molecule has 1 amide bonds. The second-order valence-electron chi connectivity index (χ2n) is 3.80. The van der Waals surface area contributed by atoms with Crippen molar-refractivity contribution < 1.29 is 14.3 Å². The van der Waals surface area contributed by atoms with Crippen molar-refractivity contribution in [3.63, 3.8) is 0 Å². The zero-order chi connectivity index (χ0) is 14.3. The summed E-state index contributed by atoms with van der Waals surface area (Å²) in [7, 11) is 1.55. The summed E-state index contributed by atoms with van der Waals surface area (Å²) in [5, 5.41) is 12.0. The van der Waals surface area contributed by atoms with Gasteiger partial charge in [-0.2, -0.15) is 5.26 Å². The van der Waals surface area contributed by atoms with Gasteiger partial charge in [-0.3, -0.25) is 4.79 Å². The Hall–Kier alpha value is -1.77. The van der Waals surface area contributed by atoms with Crippen LogP contribution >= 0.6 is 11.6 Å². The third kappa shape index (κ3) is 4.78. The summed E-state index contributed by atoms with van der Waals surface area (Å²) >= 11 is 5.83. The predicted octanol–water partition coefficient (Wildman–Crippen LogP) is 1.74. The van der Waals surface area contributed by atoms with Crippen LogP contribution in [-0.2, 0) is 9.53 Å². The molecule has 102 valence electrons. The van der Waals surface area contributed by atoms with Gasteiger partial charge in [0.25, 0.3) is 5.91 Å². The van der Waals surface area contributed by atoms with Crippen LogP contribution in [0.3, 0.4) is 0 Å². The van der Waals surface area contributed by atoms with Crippen molar-refractivity contribution in [2.24, 2.45) is 0 Å². The van der Waals surface area contributed by atoms with Crippen molar-refractivity contribution in [3.8, 4) is 11.8 Å². The molecule has 5 nitrogen and oxygen atoms in total. The summed E-state index contributed by atoms with van der Waals surface area (Å²) < 4.78 is 10.3. The van der Waals surface area contributed by atoms with Crippen LogP contribution in [-0.4, -0.2) is 32.3 Å². The third-order valence-electron chi connectivity index (χ3n) is 2.34. The number of ether oxygens (including phenoxy) is 2. The zero-order valence-electron chi connectivity index (χ0n) is 10.8. The number of nitrogens with zero attached hydrogens (tertiary/aromatic N) is 1. The van der Waals surface area contributed by atoms with Gasteiger partial charge in [0.05, 0.1) is 12.2 Å². The molecule has 0 aliphatic carbocycles. The van der Waals surface area contributed by atoms with E-state index in [0.29, 0.717) is 29.5 Å². The molecule has 0 saturated heterocycles. The molecule has 1 N–H and O–H groups in total. The molecular weight excluding hydrogens is 268 g/mol. The SMILES string of the molecule is COCCNC(=O)C(C)Oc1cc(Cl)ccc1C#N. The van der Waals surface area contributed by atoms with E-state index >= 15 is 0 Å². The Balaban J connectivity index is 2.66. The largest absolute Gasteiger partial charge is 0.479 e. The number of nitrogens with one attached hydrogen (secondary N) is 1. The molecule has 0 aliphatic heterocycles. The lowest BCUT2D eigenvalue weighted by atomic mass is 10.2. The van der Waals surface area contributed by atoms with E-state index in [2.05, 4.69) is 5.32 Å². The first-order chi connectivity index (χ1) is 9.08. The standard InChI is InChI=1S/C13H15ClN2O3/c1-9(13(17)16-5-6-18-2)19-12-7-11(14)4-3-10(12)8-15/h3-4,7,9H,5-6H2,1-2H3,(H,16,17). The topological polar surface area (TPSA) is 71.3 Å². The van der Waals surface area contributed by atoms with Gasteiger partial charge in [0, 0.05) is 24.7 Å². The fourth-order valence-corrected chi connectivity index (χ4v) is 1.51. The van der Waals surface area contributed by atoms with E-state index in [1.165, 1.54) is 6.07 Å². The quantitative estimate of drug-likeness (QED) is 0.807. The molecule has 1 atom stereocenters. The number of benzene rings is 1. The Morgan fingerprint density at radius 2 is 2.32 bits per heavy atom. The zero-order valence-corrected chi connectivity index (χ0v) is 11.5. The number of nitriles is 1. The van der Waals surface area contributed by atoms with Crippen LogP contribution in [0.2, 0.25) is 5.02 Å². The van der Waals surface area contributed by atoms with Gasteiger partial charge in [-0.1, -0.05) is 11.6 Å². The van der Waals surface area contributed by atoms with Gasteiger partial charge in [0.2, 0.25) is 0 Å². The minimum absolute atomic E-state index is 0.277. The summed E-state index contributed by atoms with van der Waals surface area (Å²) in [5.41, 5.74) is 0.334. The number of rotatable bonds is 6. The fraction of sp³-hybridized carbons (Fsp3) is 0.385. The molecule has 0 heterocycles. The van der Waals surface area contributed by atoms with Crippen molar-refractivity contribution in [2.75, 3.05) is 20.3 Å². The number of hydrogen-bond donors (Lipinski definition) is 1. The Morgan fingerprint density at radius 3 is 2.95 bits per heavy atom. The maximum absolute atomic E-state index is 11.7. The van der Waals surface area contributed by atoms with Crippen LogP contribution < -0.4 is 10.1 Å². The van der Waals surface area contributed by atoms with E-state index in [1.54, 1.807) is 26.2 Å².